The Labute approximate surface area is 88.5 Å². The van der Waals surface area contributed by atoms with Gasteiger partial charge in [-0.15, -0.1) is 0 Å². The second-order valence-corrected chi connectivity index (χ2v) is 3.72. The van der Waals surface area contributed by atoms with Crippen molar-refractivity contribution in [3.05, 3.63) is 34.0 Å². The largest absolute Gasteiger partial charge is 0.383 e. The molecule has 0 aromatic carbocycles. The van der Waals surface area contributed by atoms with Gasteiger partial charge in [-0.1, -0.05) is 13.8 Å². The lowest BCUT2D eigenvalue weighted by Gasteiger charge is -2.10. The van der Waals surface area contributed by atoms with Crippen LogP contribution >= 0.6 is 0 Å². The van der Waals surface area contributed by atoms with Gasteiger partial charge in [0.2, 0.25) is 0 Å². The van der Waals surface area contributed by atoms with Crippen molar-refractivity contribution in [2.24, 2.45) is 0 Å². The van der Waals surface area contributed by atoms with Crippen LogP contribution in [0.3, 0.4) is 0 Å². The summed E-state index contributed by atoms with van der Waals surface area (Å²) in [5, 5.41) is 0. The average Bonchev–Trinajstić information content (AvgIpc) is 2.17. The molecule has 4 heteroatoms. The van der Waals surface area contributed by atoms with Gasteiger partial charge in [-0.3, -0.25) is 9.36 Å². The molecule has 0 aliphatic heterocycles. The first kappa shape index (κ1) is 11.9. The minimum Gasteiger partial charge on any atom is -0.383 e. The number of ether oxygens (including phenoxy) is 1. The van der Waals surface area contributed by atoms with Gasteiger partial charge < -0.3 is 4.74 Å². The Morgan fingerprint density at radius 1 is 1.47 bits per heavy atom. The van der Waals surface area contributed by atoms with Gasteiger partial charge in [0.05, 0.1) is 13.2 Å². The smallest absolute Gasteiger partial charge is 0.256 e. The van der Waals surface area contributed by atoms with E-state index in [-0.39, 0.29) is 18.0 Å². The van der Waals surface area contributed by atoms with Crippen LogP contribution in [0.25, 0.3) is 0 Å². The Balaban J connectivity index is 3.13. The van der Waals surface area contributed by atoms with Crippen LogP contribution in [0.2, 0.25) is 0 Å². The fourth-order valence-electron chi connectivity index (χ4n) is 1.40. The van der Waals surface area contributed by atoms with Crippen LogP contribution in [-0.4, -0.2) is 18.3 Å². The van der Waals surface area contributed by atoms with Gasteiger partial charge in [-0.2, -0.15) is 4.39 Å². The van der Waals surface area contributed by atoms with Crippen molar-refractivity contribution in [1.29, 1.82) is 0 Å². The van der Waals surface area contributed by atoms with Gasteiger partial charge in [0, 0.05) is 12.7 Å². The Kier molecular flexibility index (Phi) is 4.03. The molecule has 3 nitrogen and oxygen atoms in total. The fourth-order valence-corrected chi connectivity index (χ4v) is 1.40. The molecule has 0 radical (unpaired) electrons. The number of hydrogen-bond acceptors (Lipinski definition) is 2. The van der Waals surface area contributed by atoms with Crippen molar-refractivity contribution in [3.63, 3.8) is 0 Å². The van der Waals surface area contributed by atoms with E-state index in [1.54, 1.807) is 6.07 Å². The van der Waals surface area contributed by atoms with Crippen LogP contribution < -0.4 is 5.56 Å². The second-order valence-electron chi connectivity index (χ2n) is 3.72. The zero-order valence-electron chi connectivity index (χ0n) is 9.29. The summed E-state index contributed by atoms with van der Waals surface area (Å²) >= 11 is 0. The molecule has 0 aliphatic carbocycles. The Morgan fingerprint density at radius 3 is 2.67 bits per heavy atom. The third-order valence-corrected chi connectivity index (χ3v) is 2.29. The quantitative estimate of drug-likeness (QED) is 0.713. The molecule has 0 fully saturated rings. The minimum absolute atomic E-state index is 0.104. The van der Waals surface area contributed by atoms with Crippen LogP contribution in [0.15, 0.2) is 16.9 Å². The lowest BCUT2D eigenvalue weighted by Crippen LogP contribution is -2.28. The number of methoxy groups -OCH3 is 1. The fraction of sp³-hybridized carbons (Fsp3) is 0.545. The molecular weight excluding hydrogens is 197 g/mol. The predicted molar refractivity (Wildman–Crippen MR) is 56.6 cm³/mol. The molecule has 15 heavy (non-hydrogen) atoms. The van der Waals surface area contributed by atoms with Crippen LogP contribution in [0.1, 0.15) is 25.3 Å². The number of rotatable bonds is 4. The van der Waals surface area contributed by atoms with E-state index in [0.29, 0.717) is 12.2 Å². The van der Waals surface area contributed by atoms with Crippen molar-refractivity contribution in [2.45, 2.75) is 26.3 Å². The summed E-state index contributed by atoms with van der Waals surface area (Å²) in [7, 11) is 1.52. The molecule has 0 aliphatic rings. The lowest BCUT2D eigenvalue weighted by molar-refractivity contribution is 0.181. The van der Waals surface area contributed by atoms with Crippen molar-refractivity contribution in [3.8, 4) is 0 Å². The van der Waals surface area contributed by atoms with Crippen LogP contribution in [0, 0.1) is 5.95 Å². The van der Waals surface area contributed by atoms with Crippen LogP contribution in [0.4, 0.5) is 4.39 Å². The topological polar surface area (TPSA) is 31.2 Å². The van der Waals surface area contributed by atoms with E-state index in [1.807, 2.05) is 13.8 Å². The van der Waals surface area contributed by atoms with Gasteiger partial charge in [0.1, 0.15) is 0 Å². The standard InChI is InChI=1S/C11H16FNO2/c1-8(2)9-4-5-10(12)13(11(9)14)6-7-15-3/h4-5,8H,6-7H2,1-3H3. The van der Waals surface area contributed by atoms with E-state index in [2.05, 4.69) is 0 Å². The van der Waals surface area contributed by atoms with E-state index in [4.69, 9.17) is 4.74 Å². The molecule has 0 amide bonds. The molecule has 0 saturated heterocycles. The average molecular weight is 213 g/mol. The molecule has 1 aromatic heterocycles. The molecule has 1 heterocycles. The summed E-state index contributed by atoms with van der Waals surface area (Å²) < 4.78 is 19.3. The maximum atomic E-state index is 13.3. The molecule has 84 valence electrons. The number of halogens is 1. The highest BCUT2D eigenvalue weighted by Gasteiger charge is 2.10. The second kappa shape index (κ2) is 5.07. The summed E-state index contributed by atoms with van der Waals surface area (Å²) in [5.74, 6) is -0.409. The monoisotopic (exact) mass is 213 g/mol. The first-order chi connectivity index (χ1) is 7.07. The molecule has 1 aromatic rings. The van der Waals surface area contributed by atoms with Crippen molar-refractivity contribution in [2.75, 3.05) is 13.7 Å². The summed E-state index contributed by atoms with van der Waals surface area (Å²) in [6, 6.07) is 2.87. The van der Waals surface area contributed by atoms with Gasteiger partial charge >= 0.3 is 0 Å². The lowest BCUT2D eigenvalue weighted by atomic mass is 10.1. The van der Waals surface area contributed by atoms with Gasteiger partial charge in [-0.25, -0.2) is 0 Å². The number of hydrogen-bond donors (Lipinski definition) is 0. The van der Waals surface area contributed by atoms with Crippen LogP contribution in [0.5, 0.6) is 0 Å². The highest BCUT2D eigenvalue weighted by molar-refractivity contribution is 5.15. The first-order valence-corrected chi connectivity index (χ1v) is 4.96. The number of nitrogens with zero attached hydrogens (tertiary/aromatic N) is 1. The van der Waals surface area contributed by atoms with E-state index >= 15 is 0 Å². The third kappa shape index (κ3) is 2.65. The molecular formula is C11H16FNO2. The highest BCUT2D eigenvalue weighted by Crippen LogP contribution is 2.09. The number of pyridine rings is 1. The normalized spacial score (nSPS) is 11.0. The molecule has 0 saturated carbocycles. The maximum absolute atomic E-state index is 13.3. The molecule has 0 N–H and O–H groups in total. The Morgan fingerprint density at radius 2 is 2.13 bits per heavy atom. The predicted octanol–water partition coefficient (Wildman–Crippen LogP) is 1.76. The van der Waals surface area contributed by atoms with E-state index in [1.165, 1.54) is 13.2 Å². The molecule has 0 unspecified atom stereocenters. The zero-order valence-corrected chi connectivity index (χ0v) is 9.29. The summed E-state index contributed by atoms with van der Waals surface area (Å²) in [4.78, 5) is 11.8. The van der Waals surface area contributed by atoms with E-state index in [9.17, 15) is 9.18 Å². The minimum atomic E-state index is -0.513. The summed E-state index contributed by atoms with van der Waals surface area (Å²) in [6.07, 6.45) is 0. The maximum Gasteiger partial charge on any atom is 0.256 e. The van der Waals surface area contributed by atoms with E-state index < -0.39 is 5.95 Å². The molecule has 0 bridgehead atoms. The Bertz CT molecular complexity index is 385. The van der Waals surface area contributed by atoms with Crippen molar-refractivity contribution in [1.82, 2.24) is 4.57 Å². The SMILES string of the molecule is COCCn1c(F)ccc(C(C)C)c1=O. The molecule has 0 atom stereocenters. The Hall–Kier alpha value is -1.16. The zero-order chi connectivity index (χ0) is 11.4. The summed E-state index contributed by atoms with van der Waals surface area (Å²) in [6.45, 7) is 4.41. The first-order valence-electron chi connectivity index (χ1n) is 4.96. The third-order valence-electron chi connectivity index (χ3n) is 2.29. The molecule has 0 spiro atoms. The molecule has 1 rings (SSSR count). The van der Waals surface area contributed by atoms with Crippen molar-refractivity contribution >= 4 is 0 Å². The summed E-state index contributed by atoms with van der Waals surface area (Å²) in [5.41, 5.74) is 0.370. The highest BCUT2D eigenvalue weighted by atomic mass is 19.1. The van der Waals surface area contributed by atoms with E-state index in [0.717, 1.165) is 4.57 Å². The van der Waals surface area contributed by atoms with Gasteiger partial charge in [0.15, 0.2) is 5.95 Å². The van der Waals surface area contributed by atoms with Crippen molar-refractivity contribution < 1.29 is 9.13 Å². The van der Waals surface area contributed by atoms with Gasteiger partial charge in [-0.05, 0) is 18.1 Å². The number of aromatic nitrogens is 1. The van der Waals surface area contributed by atoms with Gasteiger partial charge in [0.25, 0.3) is 5.56 Å². The van der Waals surface area contributed by atoms with Crippen LogP contribution in [-0.2, 0) is 11.3 Å².